The Hall–Kier alpha value is -4.32. The summed E-state index contributed by atoms with van der Waals surface area (Å²) in [5.41, 5.74) is 11.1. The normalized spacial score (nSPS) is 15.5. The highest BCUT2D eigenvalue weighted by molar-refractivity contribution is 5.95. The van der Waals surface area contributed by atoms with Crippen molar-refractivity contribution in [3.63, 3.8) is 0 Å². The first-order valence-corrected chi connectivity index (χ1v) is 15.9. The van der Waals surface area contributed by atoms with E-state index in [1.807, 2.05) is 6.92 Å². The molecule has 0 saturated carbocycles. The molecule has 0 radical (unpaired) electrons. The highest BCUT2D eigenvalue weighted by atomic mass is 16.4. The van der Waals surface area contributed by atoms with E-state index in [9.17, 15) is 48.6 Å². The van der Waals surface area contributed by atoms with Gasteiger partial charge in [0.25, 0.3) is 0 Å². The summed E-state index contributed by atoms with van der Waals surface area (Å²) >= 11 is 0. The van der Waals surface area contributed by atoms with Gasteiger partial charge in [-0.2, -0.15) is 0 Å². The third-order valence-electron chi connectivity index (χ3n) is 7.39. The molecule has 18 nitrogen and oxygen atoms in total. The number of primary amides is 1. The number of aliphatic hydroxyl groups is 1. The maximum Gasteiger partial charge on any atom is 0.326 e. The van der Waals surface area contributed by atoms with Crippen LogP contribution in [0.3, 0.4) is 0 Å². The first-order valence-electron chi connectivity index (χ1n) is 15.9. The molecule has 274 valence electrons. The molecule has 7 amide bonds. The van der Waals surface area contributed by atoms with E-state index < -0.39 is 103 Å². The number of hydrogen-bond acceptors (Lipinski definition) is 10. The van der Waals surface area contributed by atoms with E-state index in [4.69, 9.17) is 11.5 Å². The van der Waals surface area contributed by atoms with Gasteiger partial charge < -0.3 is 53.6 Å². The van der Waals surface area contributed by atoms with Crippen LogP contribution in [0, 0.1) is 17.8 Å². The van der Waals surface area contributed by atoms with Crippen molar-refractivity contribution in [2.24, 2.45) is 29.2 Å². The lowest BCUT2D eigenvalue weighted by molar-refractivity contribution is -0.143. The van der Waals surface area contributed by atoms with Crippen molar-refractivity contribution in [3.05, 3.63) is 0 Å². The number of aliphatic hydroxyl groups excluding tert-OH is 1. The topological polar surface area (TPSA) is 301 Å². The summed E-state index contributed by atoms with van der Waals surface area (Å²) in [5, 5.41) is 33.6. The fourth-order valence-corrected chi connectivity index (χ4v) is 4.25. The van der Waals surface area contributed by atoms with Crippen molar-refractivity contribution < 1.29 is 48.6 Å². The zero-order valence-electron chi connectivity index (χ0n) is 28.8. The van der Waals surface area contributed by atoms with E-state index in [1.165, 1.54) is 6.92 Å². The number of carbonyl (C=O) groups excluding carboxylic acids is 7. The van der Waals surface area contributed by atoms with Crippen LogP contribution in [0.15, 0.2) is 0 Å². The summed E-state index contributed by atoms with van der Waals surface area (Å²) in [4.78, 5) is 98.9. The van der Waals surface area contributed by atoms with Crippen molar-refractivity contribution in [2.45, 2.75) is 110 Å². The summed E-state index contributed by atoms with van der Waals surface area (Å²) < 4.78 is 0. The minimum Gasteiger partial charge on any atom is -0.480 e. The Morgan fingerprint density at radius 1 is 0.688 bits per heavy atom. The molecule has 7 atom stereocenters. The first kappa shape index (κ1) is 43.7. The van der Waals surface area contributed by atoms with Crippen LogP contribution in [-0.4, -0.2) is 107 Å². The molecule has 0 aromatic carbocycles. The number of nitrogens with two attached hydrogens (primary N) is 2. The summed E-state index contributed by atoms with van der Waals surface area (Å²) in [7, 11) is 0. The zero-order chi connectivity index (χ0) is 37.3. The van der Waals surface area contributed by atoms with Crippen LogP contribution in [0.1, 0.15) is 74.1 Å². The third kappa shape index (κ3) is 16.5. The lowest BCUT2D eigenvalue weighted by Gasteiger charge is -2.25. The molecule has 0 aromatic rings. The van der Waals surface area contributed by atoms with Gasteiger partial charge in [0.1, 0.15) is 24.2 Å². The molecule has 0 fully saturated rings. The molecule has 0 heterocycles. The Morgan fingerprint density at radius 3 is 1.62 bits per heavy atom. The SMILES string of the molecule is CC[C@H](C)[C@H](N)C(=O)N[C@@H](CCC(N)=O)C(=O)NCC(=O)N[C@H](C(=O)NCC(=O)N[C@H](C(=O)N[C@@H](CC(C)C)C(=O)O)C(C)C)[C@@H](C)O. The predicted octanol–water partition coefficient (Wildman–Crippen LogP) is -3.04. The maximum absolute atomic E-state index is 12.8. The first-order chi connectivity index (χ1) is 22.2. The molecule has 12 N–H and O–H groups in total. The standard InChI is InChI=1S/C30H54N8O10/c1-8-16(6)23(32)27(44)35-18(9-10-20(31)40)26(43)33-12-22(42)38-25(17(7)39)28(45)34-13-21(41)37-24(15(4)5)29(46)36-19(30(47)48)11-14(2)3/h14-19,23-25,39H,8-13,32H2,1-7H3,(H2,31,40)(H,33,43)(H,34,45)(H,35,44)(H,36,46)(H,37,41)(H,38,42)(H,47,48)/t16-,17+,18-,19-,23-,24-,25-/m0/s1. The van der Waals surface area contributed by atoms with Gasteiger partial charge in [0, 0.05) is 6.42 Å². The Labute approximate surface area is 280 Å². The number of amides is 7. The Bertz CT molecular complexity index is 1150. The number of carboxylic acid groups (broad SMARTS) is 1. The van der Waals surface area contributed by atoms with Crippen LogP contribution >= 0.6 is 0 Å². The van der Waals surface area contributed by atoms with Crippen molar-refractivity contribution >= 4 is 47.3 Å². The largest absolute Gasteiger partial charge is 0.480 e. The third-order valence-corrected chi connectivity index (χ3v) is 7.39. The summed E-state index contributed by atoms with van der Waals surface area (Å²) in [5.74, 6) is -7.46. The molecular weight excluding hydrogens is 632 g/mol. The molecule has 0 saturated heterocycles. The number of aliphatic carboxylic acids is 1. The van der Waals surface area contributed by atoms with Gasteiger partial charge in [-0.05, 0) is 37.5 Å². The number of carbonyl (C=O) groups is 8. The molecule has 0 aliphatic carbocycles. The van der Waals surface area contributed by atoms with E-state index in [-0.39, 0.29) is 31.1 Å². The van der Waals surface area contributed by atoms with E-state index in [2.05, 4.69) is 31.9 Å². The molecule has 0 aliphatic rings. The number of nitrogens with one attached hydrogen (secondary N) is 6. The molecule has 0 bridgehead atoms. The lowest BCUT2D eigenvalue weighted by atomic mass is 9.98. The van der Waals surface area contributed by atoms with Gasteiger partial charge in [0.2, 0.25) is 41.4 Å². The average molecular weight is 687 g/mol. The maximum atomic E-state index is 12.8. The molecule has 0 rings (SSSR count). The zero-order valence-corrected chi connectivity index (χ0v) is 28.8. The second-order valence-electron chi connectivity index (χ2n) is 12.5. The molecule has 18 heteroatoms. The van der Waals surface area contributed by atoms with Gasteiger partial charge in [-0.3, -0.25) is 33.6 Å². The quantitative estimate of drug-likeness (QED) is 0.0546. The van der Waals surface area contributed by atoms with Crippen molar-refractivity contribution in [1.82, 2.24) is 31.9 Å². The lowest BCUT2D eigenvalue weighted by Crippen LogP contribution is -2.58. The predicted molar refractivity (Wildman–Crippen MR) is 173 cm³/mol. The van der Waals surface area contributed by atoms with Gasteiger partial charge in [-0.1, -0.05) is 48.0 Å². The molecular formula is C30H54N8O10. The summed E-state index contributed by atoms with van der Waals surface area (Å²) in [6.45, 7) is 10.3. The number of rotatable bonds is 22. The van der Waals surface area contributed by atoms with E-state index >= 15 is 0 Å². The molecule has 48 heavy (non-hydrogen) atoms. The van der Waals surface area contributed by atoms with Gasteiger partial charge in [-0.15, -0.1) is 0 Å². The van der Waals surface area contributed by atoms with E-state index in [1.54, 1.807) is 34.6 Å². The van der Waals surface area contributed by atoms with Crippen LogP contribution in [0.4, 0.5) is 0 Å². The van der Waals surface area contributed by atoms with Crippen LogP contribution in [0.2, 0.25) is 0 Å². The Balaban J connectivity index is 5.28. The minimum atomic E-state index is -1.56. The van der Waals surface area contributed by atoms with E-state index in [0.29, 0.717) is 6.42 Å². The fourth-order valence-electron chi connectivity index (χ4n) is 4.25. The summed E-state index contributed by atoms with van der Waals surface area (Å²) in [6, 6.07) is -6.02. The monoisotopic (exact) mass is 686 g/mol. The Kier molecular flexibility index (Phi) is 19.6. The smallest absolute Gasteiger partial charge is 0.326 e. The van der Waals surface area contributed by atoms with Crippen LogP contribution in [-0.2, 0) is 38.4 Å². The van der Waals surface area contributed by atoms with Crippen molar-refractivity contribution in [3.8, 4) is 0 Å². The van der Waals surface area contributed by atoms with Gasteiger partial charge >= 0.3 is 5.97 Å². The van der Waals surface area contributed by atoms with Crippen LogP contribution in [0.5, 0.6) is 0 Å². The fraction of sp³-hybridized carbons (Fsp3) is 0.733. The van der Waals surface area contributed by atoms with Gasteiger partial charge in [0.15, 0.2) is 0 Å². The second kappa shape index (κ2) is 21.5. The van der Waals surface area contributed by atoms with E-state index in [0.717, 1.165) is 0 Å². The summed E-state index contributed by atoms with van der Waals surface area (Å²) in [6.07, 6.45) is -1.09. The number of carboxylic acids is 1. The van der Waals surface area contributed by atoms with Crippen molar-refractivity contribution in [2.75, 3.05) is 13.1 Å². The number of hydrogen-bond donors (Lipinski definition) is 10. The van der Waals surface area contributed by atoms with Crippen LogP contribution < -0.4 is 43.4 Å². The molecule has 0 aromatic heterocycles. The van der Waals surface area contributed by atoms with Gasteiger partial charge in [0.05, 0.1) is 25.2 Å². The minimum absolute atomic E-state index is 0.0241. The Morgan fingerprint density at radius 2 is 1.19 bits per heavy atom. The average Bonchev–Trinajstić information content (AvgIpc) is 2.99. The highest BCUT2D eigenvalue weighted by Gasteiger charge is 2.31. The van der Waals surface area contributed by atoms with Crippen LogP contribution in [0.25, 0.3) is 0 Å². The van der Waals surface area contributed by atoms with Gasteiger partial charge in [-0.25, -0.2) is 4.79 Å². The van der Waals surface area contributed by atoms with Crippen molar-refractivity contribution in [1.29, 1.82) is 0 Å². The second-order valence-corrected chi connectivity index (χ2v) is 12.5. The molecule has 0 spiro atoms. The molecule has 0 aliphatic heterocycles. The highest BCUT2D eigenvalue weighted by Crippen LogP contribution is 2.09. The molecule has 0 unspecified atom stereocenters.